The van der Waals surface area contributed by atoms with Gasteiger partial charge in [-0.3, -0.25) is 5.43 Å². The average Bonchev–Trinajstić information content (AvgIpc) is 2.43. The highest BCUT2D eigenvalue weighted by atomic mass is 19.4. The van der Waals surface area contributed by atoms with Gasteiger partial charge in [-0.05, 0) is 0 Å². The molecule has 0 aliphatic rings. The molecule has 0 fully saturated rings. The SMILES string of the molecule is NNc1nc(NC(CO)(CO)CO)cc(C(F)(F)F)n1. The van der Waals surface area contributed by atoms with Crippen molar-refractivity contribution in [3.05, 3.63) is 11.8 Å². The summed E-state index contributed by atoms with van der Waals surface area (Å²) in [6.45, 7) is -2.18. The zero-order valence-corrected chi connectivity index (χ0v) is 10.1. The van der Waals surface area contributed by atoms with E-state index in [1.165, 1.54) is 0 Å². The Hall–Kier alpha value is -1.69. The first-order valence-electron chi connectivity index (χ1n) is 5.34. The van der Waals surface area contributed by atoms with Gasteiger partial charge in [-0.15, -0.1) is 0 Å². The Morgan fingerprint density at radius 1 is 1.10 bits per heavy atom. The molecule has 114 valence electrons. The van der Waals surface area contributed by atoms with E-state index < -0.39 is 43.2 Å². The molecule has 0 radical (unpaired) electrons. The minimum Gasteiger partial charge on any atom is -0.394 e. The van der Waals surface area contributed by atoms with Gasteiger partial charge in [-0.25, -0.2) is 10.8 Å². The van der Waals surface area contributed by atoms with E-state index in [0.29, 0.717) is 6.07 Å². The molecule has 0 spiro atoms. The first-order chi connectivity index (χ1) is 9.30. The van der Waals surface area contributed by atoms with Crippen LogP contribution < -0.4 is 16.6 Å². The number of nitrogen functional groups attached to an aromatic ring is 1. The molecule has 1 aromatic heterocycles. The molecule has 0 amide bonds. The minimum absolute atomic E-state index is 0.363. The van der Waals surface area contributed by atoms with Gasteiger partial charge in [0.15, 0.2) is 5.69 Å². The number of rotatable bonds is 6. The Labute approximate surface area is 111 Å². The largest absolute Gasteiger partial charge is 0.433 e. The lowest BCUT2D eigenvalue weighted by Gasteiger charge is -2.29. The zero-order valence-electron chi connectivity index (χ0n) is 10.1. The summed E-state index contributed by atoms with van der Waals surface area (Å²) < 4.78 is 37.9. The number of anilines is 2. The number of hydrogen-bond acceptors (Lipinski definition) is 8. The van der Waals surface area contributed by atoms with Crippen molar-refractivity contribution in [1.29, 1.82) is 0 Å². The lowest BCUT2D eigenvalue weighted by atomic mass is 10.0. The highest BCUT2D eigenvalue weighted by Gasteiger charge is 2.35. The summed E-state index contributed by atoms with van der Waals surface area (Å²) in [5.74, 6) is 4.10. The van der Waals surface area contributed by atoms with Gasteiger partial charge in [-0.1, -0.05) is 0 Å². The van der Waals surface area contributed by atoms with Crippen molar-refractivity contribution in [3.8, 4) is 0 Å². The number of nitrogens with zero attached hydrogens (tertiary/aromatic N) is 2. The molecule has 1 aromatic rings. The number of nitrogens with two attached hydrogens (primary N) is 1. The van der Waals surface area contributed by atoms with Gasteiger partial charge in [0.05, 0.1) is 19.8 Å². The topological polar surface area (TPSA) is 137 Å². The summed E-state index contributed by atoms with van der Waals surface area (Å²) in [6, 6.07) is 0.566. The first kappa shape index (κ1) is 16.4. The van der Waals surface area contributed by atoms with E-state index in [2.05, 4.69) is 15.3 Å². The molecule has 8 nitrogen and oxygen atoms in total. The Bertz CT molecular complexity index is 445. The van der Waals surface area contributed by atoms with Crippen molar-refractivity contribution in [3.63, 3.8) is 0 Å². The molecule has 7 N–H and O–H groups in total. The quantitative estimate of drug-likeness (QED) is 0.288. The highest BCUT2D eigenvalue weighted by molar-refractivity contribution is 5.45. The van der Waals surface area contributed by atoms with Crippen LogP contribution in [0.15, 0.2) is 6.07 Å². The summed E-state index contributed by atoms with van der Waals surface area (Å²) in [7, 11) is 0. The molecule has 11 heteroatoms. The summed E-state index contributed by atoms with van der Waals surface area (Å²) in [5, 5.41) is 29.6. The van der Waals surface area contributed by atoms with Crippen LogP contribution in [0.2, 0.25) is 0 Å². The van der Waals surface area contributed by atoms with E-state index >= 15 is 0 Å². The van der Waals surface area contributed by atoms with Crippen molar-refractivity contribution < 1.29 is 28.5 Å². The molecule has 0 saturated carbocycles. The molecule has 0 aliphatic carbocycles. The van der Waals surface area contributed by atoms with E-state index in [-0.39, 0.29) is 5.82 Å². The lowest BCUT2D eigenvalue weighted by molar-refractivity contribution is -0.141. The predicted octanol–water partition coefficient (Wildman–Crippen LogP) is -1.09. The van der Waals surface area contributed by atoms with Gasteiger partial charge in [0, 0.05) is 6.07 Å². The number of aromatic nitrogens is 2. The fourth-order valence-corrected chi connectivity index (χ4v) is 1.26. The predicted molar refractivity (Wildman–Crippen MR) is 62.5 cm³/mol. The summed E-state index contributed by atoms with van der Waals surface area (Å²) in [6.07, 6.45) is -4.73. The Morgan fingerprint density at radius 3 is 2.05 bits per heavy atom. The number of halogens is 3. The van der Waals surface area contributed by atoms with E-state index in [0.717, 1.165) is 0 Å². The second kappa shape index (κ2) is 6.17. The van der Waals surface area contributed by atoms with Gasteiger partial charge in [0.1, 0.15) is 11.4 Å². The second-order valence-corrected chi connectivity index (χ2v) is 3.98. The van der Waals surface area contributed by atoms with Crippen molar-refractivity contribution >= 4 is 11.8 Å². The molecule has 1 rings (SSSR count). The third-order valence-electron chi connectivity index (χ3n) is 2.45. The Kier molecular flexibility index (Phi) is 5.05. The maximum absolute atomic E-state index is 12.6. The molecule has 0 saturated heterocycles. The number of hydrazine groups is 1. The smallest absolute Gasteiger partial charge is 0.394 e. The van der Waals surface area contributed by atoms with Crippen molar-refractivity contribution in [2.45, 2.75) is 11.7 Å². The van der Waals surface area contributed by atoms with E-state index in [1.54, 1.807) is 0 Å². The molecule has 0 aromatic carbocycles. The van der Waals surface area contributed by atoms with Gasteiger partial charge in [0.2, 0.25) is 5.95 Å². The number of aliphatic hydroxyl groups excluding tert-OH is 3. The fraction of sp³-hybridized carbons (Fsp3) is 0.556. The molecule has 20 heavy (non-hydrogen) atoms. The van der Waals surface area contributed by atoms with Gasteiger partial charge in [0.25, 0.3) is 0 Å². The zero-order chi connectivity index (χ0) is 15.4. The van der Waals surface area contributed by atoms with Crippen LogP contribution in [-0.4, -0.2) is 50.6 Å². The van der Waals surface area contributed by atoms with Gasteiger partial charge >= 0.3 is 6.18 Å². The molecule has 0 atom stereocenters. The molecule has 0 aliphatic heterocycles. The van der Waals surface area contributed by atoms with Gasteiger partial charge < -0.3 is 20.6 Å². The minimum atomic E-state index is -4.73. The van der Waals surface area contributed by atoms with Crippen LogP contribution in [0.5, 0.6) is 0 Å². The summed E-state index contributed by atoms with van der Waals surface area (Å²) in [5.41, 5.74) is -1.02. The average molecular weight is 297 g/mol. The first-order valence-corrected chi connectivity index (χ1v) is 5.34. The number of aliphatic hydroxyl groups is 3. The van der Waals surface area contributed by atoms with Crippen LogP contribution in [0.3, 0.4) is 0 Å². The van der Waals surface area contributed by atoms with E-state index in [1.807, 2.05) is 5.43 Å². The van der Waals surface area contributed by atoms with Crippen LogP contribution in [0.1, 0.15) is 5.69 Å². The summed E-state index contributed by atoms with van der Waals surface area (Å²) >= 11 is 0. The molecular formula is C9H14F3N5O3. The van der Waals surface area contributed by atoms with Gasteiger partial charge in [-0.2, -0.15) is 18.2 Å². The van der Waals surface area contributed by atoms with Crippen LogP contribution in [0.25, 0.3) is 0 Å². The third kappa shape index (κ3) is 3.66. The van der Waals surface area contributed by atoms with Crippen molar-refractivity contribution in [2.75, 3.05) is 30.6 Å². The van der Waals surface area contributed by atoms with Crippen molar-refractivity contribution in [2.24, 2.45) is 5.84 Å². The van der Waals surface area contributed by atoms with Crippen LogP contribution in [-0.2, 0) is 6.18 Å². The molecule has 1 heterocycles. The third-order valence-corrected chi connectivity index (χ3v) is 2.45. The fourth-order valence-electron chi connectivity index (χ4n) is 1.26. The maximum Gasteiger partial charge on any atom is 0.433 e. The van der Waals surface area contributed by atoms with E-state index in [4.69, 9.17) is 21.2 Å². The lowest BCUT2D eigenvalue weighted by Crippen LogP contribution is -2.49. The second-order valence-electron chi connectivity index (χ2n) is 3.98. The summed E-state index contributed by atoms with van der Waals surface area (Å²) in [4.78, 5) is 6.73. The monoisotopic (exact) mass is 297 g/mol. The van der Waals surface area contributed by atoms with Crippen LogP contribution >= 0.6 is 0 Å². The molecule has 0 bridgehead atoms. The normalized spacial score (nSPS) is 12.3. The van der Waals surface area contributed by atoms with Crippen LogP contribution in [0.4, 0.5) is 24.9 Å². The Balaban J connectivity index is 3.18. The number of hydrogen-bond donors (Lipinski definition) is 6. The standard InChI is InChI=1S/C9H14F3N5O3/c10-9(11,12)5-1-6(15-7(14-5)17-13)16-8(2-18,3-19)4-20/h1,18-20H,2-4,13H2,(H2,14,15,16,17). The molecule has 0 unspecified atom stereocenters. The number of nitrogens with one attached hydrogen (secondary N) is 2. The Morgan fingerprint density at radius 2 is 1.65 bits per heavy atom. The van der Waals surface area contributed by atoms with Crippen LogP contribution in [0, 0.1) is 0 Å². The van der Waals surface area contributed by atoms with Crippen molar-refractivity contribution in [1.82, 2.24) is 9.97 Å². The highest BCUT2D eigenvalue weighted by Crippen LogP contribution is 2.30. The molecular weight excluding hydrogens is 283 g/mol. The maximum atomic E-state index is 12.6. The number of alkyl halides is 3. The van der Waals surface area contributed by atoms with E-state index in [9.17, 15) is 13.2 Å².